The quantitative estimate of drug-likeness (QED) is 0.629. The molecule has 2 unspecified atom stereocenters. The number of nitrogens with zero attached hydrogens (tertiary/aromatic N) is 2. The molecule has 0 spiro atoms. The summed E-state index contributed by atoms with van der Waals surface area (Å²) in [7, 11) is 0. The average molecular weight is 255 g/mol. The van der Waals surface area contributed by atoms with Gasteiger partial charge in [0.1, 0.15) is 10.7 Å². The number of morpholine rings is 1. The van der Waals surface area contributed by atoms with Gasteiger partial charge in [0.25, 0.3) is 0 Å². The van der Waals surface area contributed by atoms with E-state index in [9.17, 15) is 10.1 Å². The highest BCUT2D eigenvalue weighted by molar-refractivity contribution is 5.17. The van der Waals surface area contributed by atoms with Crippen LogP contribution in [0, 0.1) is 10.1 Å². The minimum atomic E-state index is -0.534. The molecule has 1 aromatic heterocycles. The van der Waals surface area contributed by atoms with Gasteiger partial charge in [0, 0.05) is 19.1 Å². The van der Waals surface area contributed by atoms with Crippen molar-refractivity contribution in [3.63, 3.8) is 0 Å². The molecule has 7 nitrogen and oxygen atoms in total. The number of nitro groups is 1. The molecule has 1 saturated heterocycles. The summed E-state index contributed by atoms with van der Waals surface area (Å²) < 4.78 is 10.7. The fourth-order valence-electron chi connectivity index (χ4n) is 1.96. The fraction of sp³-hybridized carbons (Fsp3) is 0.636. The number of rotatable bonds is 4. The summed E-state index contributed by atoms with van der Waals surface area (Å²) >= 11 is 0. The zero-order valence-corrected chi connectivity index (χ0v) is 10.2. The molecular weight excluding hydrogens is 238 g/mol. The van der Waals surface area contributed by atoms with Gasteiger partial charge >= 0.3 is 5.88 Å². The van der Waals surface area contributed by atoms with Crippen molar-refractivity contribution in [2.24, 2.45) is 5.73 Å². The molecule has 0 aliphatic carbocycles. The number of furan rings is 1. The van der Waals surface area contributed by atoms with E-state index < -0.39 is 4.92 Å². The molecule has 100 valence electrons. The van der Waals surface area contributed by atoms with E-state index in [1.807, 2.05) is 6.92 Å². The standard InChI is InChI=1S/C11H17N3O4/c1-8(12)10-7-13(4-5-17-10)6-9-2-3-11(18-9)14(15)16/h2-3,8,10H,4-7,12H2,1H3. The van der Waals surface area contributed by atoms with Crippen LogP contribution in [0.3, 0.4) is 0 Å². The molecule has 2 heterocycles. The highest BCUT2D eigenvalue weighted by Crippen LogP contribution is 2.18. The normalized spacial score (nSPS) is 22.9. The second-order valence-corrected chi connectivity index (χ2v) is 4.50. The number of hydrogen-bond acceptors (Lipinski definition) is 6. The third-order valence-corrected chi connectivity index (χ3v) is 2.97. The third-order valence-electron chi connectivity index (χ3n) is 2.97. The topological polar surface area (TPSA) is 94.8 Å². The summed E-state index contributed by atoms with van der Waals surface area (Å²) in [6.07, 6.45) is 0.00342. The lowest BCUT2D eigenvalue weighted by molar-refractivity contribution is -0.402. The molecule has 0 amide bonds. The van der Waals surface area contributed by atoms with Crippen molar-refractivity contribution in [3.8, 4) is 0 Å². The van der Waals surface area contributed by atoms with Crippen molar-refractivity contribution >= 4 is 5.88 Å². The molecule has 1 aliphatic heterocycles. The highest BCUT2D eigenvalue weighted by atomic mass is 16.6. The first-order chi connectivity index (χ1) is 8.56. The van der Waals surface area contributed by atoms with Crippen LogP contribution in [-0.4, -0.2) is 41.7 Å². The van der Waals surface area contributed by atoms with Crippen LogP contribution in [0.15, 0.2) is 16.5 Å². The van der Waals surface area contributed by atoms with Crippen molar-refractivity contribution in [2.45, 2.75) is 25.6 Å². The minimum Gasteiger partial charge on any atom is -0.404 e. The Kier molecular flexibility index (Phi) is 3.95. The maximum Gasteiger partial charge on any atom is 0.433 e. The van der Waals surface area contributed by atoms with Gasteiger partial charge in [-0.25, -0.2) is 0 Å². The van der Waals surface area contributed by atoms with Gasteiger partial charge in [0.2, 0.25) is 0 Å². The molecule has 0 bridgehead atoms. The minimum absolute atomic E-state index is 0.00342. The van der Waals surface area contributed by atoms with E-state index in [1.54, 1.807) is 6.07 Å². The first kappa shape index (κ1) is 13.0. The summed E-state index contributed by atoms with van der Waals surface area (Å²) in [6, 6.07) is 2.98. The third kappa shape index (κ3) is 3.06. The molecule has 0 radical (unpaired) electrons. The van der Waals surface area contributed by atoms with E-state index in [0.717, 1.165) is 6.54 Å². The van der Waals surface area contributed by atoms with Crippen LogP contribution in [0.2, 0.25) is 0 Å². The maximum absolute atomic E-state index is 10.5. The zero-order valence-electron chi connectivity index (χ0n) is 10.2. The van der Waals surface area contributed by atoms with E-state index >= 15 is 0 Å². The molecule has 2 atom stereocenters. The molecule has 1 fully saturated rings. The van der Waals surface area contributed by atoms with Gasteiger partial charge < -0.3 is 14.9 Å². The Bertz CT molecular complexity index is 418. The summed E-state index contributed by atoms with van der Waals surface area (Å²) in [5.74, 6) is 0.369. The zero-order chi connectivity index (χ0) is 13.1. The van der Waals surface area contributed by atoms with E-state index in [-0.39, 0.29) is 18.0 Å². The summed E-state index contributed by atoms with van der Waals surface area (Å²) in [5.41, 5.74) is 5.80. The van der Waals surface area contributed by atoms with Gasteiger partial charge in [-0.1, -0.05) is 0 Å². The first-order valence-electron chi connectivity index (χ1n) is 5.89. The second-order valence-electron chi connectivity index (χ2n) is 4.50. The average Bonchev–Trinajstić information content (AvgIpc) is 2.78. The summed E-state index contributed by atoms with van der Waals surface area (Å²) in [6.45, 7) is 4.56. The summed E-state index contributed by atoms with van der Waals surface area (Å²) in [5, 5.41) is 10.5. The number of hydrogen-bond donors (Lipinski definition) is 1. The Morgan fingerprint density at radius 1 is 1.67 bits per heavy atom. The van der Waals surface area contributed by atoms with Crippen molar-refractivity contribution in [1.82, 2.24) is 4.90 Å². The molecule has 1 aromatic rings. The SMILES string of the molecule is CC(N)C1CN(Cc2ccc([N+](=O)[O-])o2)CCO1. The summed E-state index contributed by atoms with van der Waals surface area (Å²) in [4.78, 5) is 12.1. The lowest BCUT2D eigenvalue weighted by atomic mass is 10.1. The predicted octanol–water partition coefficient (Wildman–Crippen LogP) is 0.736. The van der Waals surface area contributed by atoms with Crippen molar-refractivity contribution in [2.75, 3.05) is 19.7 Å². The lowest BCUT2D eigenvalue weighted by Crippen LogP contribution is -2.49. The first-order valence-corrected chi connectivity index (χ1v) is 5.89. The Morgan fingerprint density at radius 2 is 2.44 bits per heavy atom. The van der Waals surface area contributed by atoms with Crippen LogP contribution in [0.1, 0.15) is 12.7 Å². The van der Waals surface area contributed by atoms with Crippen LogP contribution >= 0.6 is 0 Å². The van der Waals surface area contributed by atoms with Crippen LogP contribution in [0.4, 0.5) is 5.88 Å². The smallest absolute Gasteiger partial charge is 0.404 e. The maximum atomic E-state index is 10.5. The van der Waals surface area contributed by atoms with E-state index in [2.05, 4.69) is 4.90 Å². The van der Waals surface area contributed by atoms with E-state index in [1.165, 1.54) is 6.07 Å². The van der Waals surface area contributed by atoms with Gasteiger partial charge in [-0.2, -0.15) is 0 Å². The van der Waals surface area contributed by atoms with E-state index in [4.69, 9.17) is 14.9 Å². The van der Waals surface area contributed by atoms with Crippen molar-refractivity contribution in [1.29, 1.82) is 0 Å². The van der Waals surface area contributed by atoms with Crippen LogP contribution in [0.25, 0.3) is 0 Å². The Hall–Kier alpha value is -1.44. The Labute approximate surface area is 105 Å². The molecule has 0 saturated carbocycles. The lowest BCUT2D eigenvalue weighted by Gasteiger charge is -2.34. The van der Waals surface area contributed by atoms with Crippen LogP contribution in [0.5, 0.6) is 0 Å². The molecule has 0 aromatic carbocycles. The number of ether oxygens (including phenoxy) is 1. The van der Waals surface area contributed by atoms with Gasteiger partial charge in [-0.15, -0.1) is 0 Å². The molecule has 2 N–H and O–H groups in total. The van der Waals surface area contributed by atoms with Gasteiger partial charge in [-0.05, 0) is 13.0 Å². The van der Waals surface area contributed by atoms with Crippen LogP contribution < -0.4 is 5.73 Å². The van der Waals surface area contributed by atoms with Crippen molar-refractivity contribution < 1.29 is 14.1 Å². The molecular formula is C11H17N3O4. The fourth-order valence-corrected chi connectivity index (χ4v) is 1.96. The van der Waals surface area contributed by atoms with Crippen LogP contribution in [-0.2, 0) is 11.3 Å². The Morgan fingerprint density at radius 3 is 3.06 bits per heavy atom. The molecule has 18 heavy (non-hydrogen) atoms. The largest absolute Gasteiger partial charge is 0.433 e. The second kappa shape index (κ2) is 5.47. The van der Waals surface area contributed by atoms with Gasteiger partial charge in [0.15, 0.2) is 0 Å². The van der Waals surface area contributed by atoms with Gasteiger partial charge in [-0.3, -0.25) is 15.0 Å². The molecule has 7 heteroatoms. The Balaban J connectivity index is 1.94. The molecule has 2 rings (SSSR count). The van der Waals surface area contributed by atoms with Crippen molar-refractivity contribution in [3.05, 3.63) is 28.0 Å². The monoisotopic (exact) mass is 255 g/mol. The number of nitrogens with two attached hydrogens (primary N) is 1. The predicted molar refractivity (Wildman–Crippen MR) is 64.0 cm³/mol. The molecule has 1 aliphatic rings. The van der Waals surface area contributed by atoms with E-state index in [0.29, 0.717) is 25.5 Å². The van der Waals surface area contributed by atoms with Gasteiger partial charge in [0.05, 0.1) is 25.3 Å². The highest BCUT2D eigenvalue weighted by Gasteiger charge is 2.24.